The lowest BCUT2D eigenvalue weighted by Gasteiger charge is -2.10. The highest BCUT2D eigenvalue weighted by Crippen LogP contribution is 2.32. The van der Waals surface area contributed by atoms with Crippen molar-refractivity contribution in [3.8, 4) is 22.1 Å². The van der Waals surface area contributed by atoms with Crippen molar-refractivity contribution in [2.75, 3.05) is 14.2 Å². The SMILES string of the molecule is COc1ccc(OC)c(C(=O)NCc2sc(-c3ccccc3Cl)nc2C)c1. The molecule has 0 unspecified atom stereocenters. The molecule has 0 fully saturated rings. The predicted molar refractivity (Wildman–Crippen MR) is 108 cm³/mol. The van der Waals surface area contributed by atoms with Gasteiger partial charge in [0.1, 0.15) is 16.5 Å². The van der Waals surface area contributed by atoms with E-state index in [1.54, 1.807) is 25.3 Å². The highest BCUT2D eigenvalue weighted by Gasteiger charge is 2.16. The monoisotopic (exact) mass is 402 g/mol. The third kappa shape index (κ3) is 4.23. The van der Waals surface area contributed by atoms with Gasteiger partial charge >= 0.3 is 0 Å². The normalized spacial score (nSPS) is 10.5. The van der Waals surface area contributed by atoms with E-state index in [9.17, 15) is 4.79 Å². The quantitative estimate of drug-likeness (QED) is 0.648. The number of thiazole rings is 1. The summed E-state index contributed by atoms with van der Waals surface area (Å²) in [5, 5.41) is 4.41. The molecule has 1 N–H and O–H groups in total. The molecule has 140 valence electrons. The zero-order chi connectivity index (χ0) is 19.4. The first-order chi connectivity index (χ1) is 13.0. The molecule has 0 aliphatic heterocycles. The average molecular weight is 403 g/mol. The van der Waals surface area contributed by atoms with Gasteiger partial charge in [-0.2, -0.15) is 0 Å². The zero-order valence-electron chi connectivity index (χ0n) is 15.2. The van der Waals surface area contributed by atoms with Crippen LogP contribution in [0.3, 0.4) is 0 Å². The van der Waals surface area contributed by atoms with E-state index in [1.165, 1.54) is 18.4 Å². The first-order valence-corrected chi connectivity index (χ1v) is 9.44. The van der Waals surface area contributed by atoms with Crippen LogP contribution in [0.15, 0.2) is 42.5 Å². The highest BCUT2D eigenvalue weighted by molar-refractivity contribution is 7.15. The van der Waals surface area contributed by atoms with Gasteiger partial charge in [-0.1, -0.05) is 29.8 Å². The van der Waals surface area contributed by atoms with Crippen molar-refractivity contribution < 1.29 is 14.3 Å². The molecule has 1 aromatic heterocycles. The van der Waals surface area contributed by atoms with Gasteiger partial charge in [-0.05, 0) is 31.2 Å². The zero-order valence-corrected chi connectivity index (χ0v) is 16.8. The van der Waals surface area contributed by atoms with Gasteiger partial charge < -0.3 is 14.8 Å². The maximum absolute atomic E-state index is 12.6. The highest BCUT2D eigenvalue weighted by atomic mass is 35.5. The fraction of sp³-hybridized carbons (Fsp3) is 0.200. The molecule has 7 heteroatoms. The van der Waals surface area contributed by atoms with Gasteiger partial charge in [-0.3, -0.25) is 4.79 Å². The summed E-state index contributed by atoms with van der Waals surface area (Å²) in [7, 11) is 3.09. The fourth-order valence-electron chi connectivity index (χ4n) is 2.59. The van der Waals surface area contributed by atoms with Gasteiger partial charge in [0, 0.05) is 10.4 Å². The van der Waals surface area contributed by atoms with Gasteiger partial charge in [-0.15, -0.1) is 11.3 Å². The third-order valence-electron chi connectivity index (χ3n) is 4.06. The Kier molecular flexibility index (Phi) is 5.98. The fourth-order valence-corrected chi connectivity index (χ4v) is 3.91. The van der Waals surface area contributed by atoms with E-state index >= 15 is 0 Å². The molecule has 0 radical (unpaired) electrons. The smallest absolute Gasteiger partial charge is 0.255 e. The largest absolute Gasteiger partial charge is 0.497 e. The van der Waals surface area contributed by atoms with E-state index in [-0.39, 0.29) is 5.91 Å². The number of benzene rings is 2. The summed E-state index contributed by atoms with van der Waals surface area (Å²) >= 11 is 7.78. The summed E-state index contributed by atoms with van der Waals surface area (Å²) in [6.07, 6.45) is 0. The van der Waals surface area contributed by atoms with Crippen LogP contribution in [-0.2, 0) is 6.54 Å². The maximum Gasteiger partial charge on any atom is 0.255 e. The van der Waals surface area contributed by atoms with Crippen LogP contribution in [0.2, 0.25) is 5.02 Å². The Morgan fingerprint density at radius 3 is 2.67 bits per heavy atom. The standard InChI is InChI=1S/C20H19ClN2O3S/c1-12-18(27-20(23-12)14-6-4-5-7-16(14)21)11-22-19(24)15-10-13(25-2)8-9-17(15)26-3/h4-10H,11H2,1-3H3,(H,22,24). The Hall–Kier alpha value is -2.57. The van der Waals surface area contributed by atoms with E-state index in [4.69, 9.17) is 21.1 Å². The Balaban J connectivity index is 1.78. The van der Waals surface area contributed by atoms with Gasteiger partial charge in [0.05, 0.1) is 37.0 Å². The molecule has 0 bridgehead atoms. The number of ether oxygens (including phenoxy) is 2. The third-order valence-corrected chi connectivity index (χ3v) is 5.58. The van der Waals surface area contributed by atoms with Crippen LogP contribution in [0.25, 0.3) is 10.6 Å². The second-order valence-corrected chi connectivity index (χ2v) is 7.25. The van der Waals surface area contributed by atoms with Crippen molar-refractivity contribution in [2.45, 2.75) is 13.5 Å². The van der Waals surface area contributed by atoms with Crippen molar-refractivity contribution in [1.29, 1.82) is 0 Å². The van der Waals surface area contributed by atoms with E-state index in [0.29, 0.717) is 28.6 Å². The molecule has 3 aromatic rings. The number of carbonyl (C=O) groups is 1. The van der Waals surface area contributed by atoms with Crippen molar-refractivity contribution in [2.24, 2.45) is 0 Å². The number of hydrogen-bond donors (Lipinski definition) is 1. The summed E-state index contributed by atoms with van der Waals surface area (Å²) in [6.45, 7) is 2.29. The molecule has 5 nitrogen and oxygen atoms in total. The molecule has 0 saturated heterocycles. The second kappa shape index (κ2) is 8.41. The van der Waals surface area contributed by atoms with Crippen molar-refractivity contribution in [1.82, 2.24) is 10.3 Å². The number of rotatable bonds is 6. The van der Waals surface area contributed by atoms with Gasteiger partial charge in [0.2, 0.25) is 0 Å². The number of methoxy groups -OCH3 is 2. The van der Waals surface area contributed by atoms with Crippen LogP contribution in [0, 0.1) is 6.92 Å². The van der Waals surface area contributed by atoms with Crippen LogP contribution < -0.4 is 14.8 Å². The number of amides is 1. The molecule has 1 amide bonds. The molecule has 0 aliphatic carbocycles. The molecule has 0 saturated carbocycles. The van der Waals surface area contributed by atoms with Crippen LogP contribution in [-0.4, -0.2) is 25.1 Å². The second-order valence-electron chi connectivity index (χ2n) is 5.76. The van der Waals surface area contributed by atoms with Crippen molar-refractivity contribution in [3.63, 3.8) is 0 Å². The van der Waals surface area contributed by atoms with E-state index < -0.39 is 0 Å². The lowest BCUT2D eigenvalue weighted by atomic mass is 10.1. The van der Waals surface area contributed by atoms with Crippen LogP contribution >= 0.6 is 22.9 Å². The average Bonchev–Trinajstić information content (AvgIpc) is 3.06. The van der Waals surface area contributed by atoms with E-state index in [2.05, 4.69) is 10.3 Å². The van der Waals surface area contributed by atoms with Gasteiger partial charge in [0.15, 0.2) is 0 Å². The minimum atomic E-state index is -0.238. The van der Waals surface area contributed by atoms with Crippen LogP contribution in [0.5, 0.6) is 11.5 Å². The maximum atomic E-state index is 12.6. The van der Waals surface area contributed by atoms with Gasteiger partial charge in [0.25, 0.3) is 5.91 Å². The number of hydrogen-bond acceptors (Lipinski definition) is 5. The number of nitrogens with one attached hydrogen (secondary N) is 1. The van der Waals surface area contributed by atoms with E-state index in [0.717, 1.165) is 21.1 Å². The lowest BCUT2D eigenvalue weighted by Crippen LogP contribution is -2.23. The molecular weight excluding hydrogens is 384 g/mol. The van der Waals surface area contributed by atoms with Crippen LogP contribution in [0.4, 0.5) is 0 Å². The Morgan fingerprint density at radius 2 is 1.96 bits per heavy atom. The minimum absolute atomic E-state index is 0.238. The van der Waals surface area contributed by atoms with Gasteiger partial charge in [-0.25, -0.2) is 4.98 Å². The number of nitrogens with zero attached hydrogens (tertiary/aromatic N) is 1. The summed E-state index contributed by atoms with van der Waals surface area (Å²) < 4.78 is 10.5. The number of carbonyl (C=O) groups excluding carboxylic acids is 1. The van der Waals surface area contributed by atoms with Crippen molar-refractivity contribution >= 4 is 28.8 Å². The molecule has 0 aliphatic rings. The molecule has 0 spiro atoms. The Bertz CT molecular complexity index is 972. The summed E-state index contributed by atoms with van der Waals surface area (Å²) in [5.74, 6) is 0.847. The Labute approximate surface area is 166 Å². The van der Waals surface area contributed by atoms with Crippen molar-refractivity contribution in [3.05, 3.63) is 63.6 Å². The molecule has 1 heterocycles. The number of halogens is 1. The number of aromatic nitrogens is 1. The molecular formula is C20H19ClN2O3S. The lowest BCUT2D eigenvalue weighted by molar-refractivity contribution is 0.0948. The molecule has 2 aromatic carbocycles. The summed E-state index contributed by atoms with van der Waals surface area (Å²) in [5.41, 5.74) is 2.18. The molecule has 27 heavy (non-hydrogen) atoms. The summed E-state index contributed by atoms with van der Waals surface area (Å²) in [4.78, 5) is 18.2. The number of aryl methyl sites for hydroxylation is 1. The predicted octanol–water partition coefficient (Wildman–Crippen LogP) is 4.72. The first kappa shape index (κ1) is 19.2. The van der Waals surface area contributed by atoms with Crippen LogP contribution in [0.1, 0.15) is 20.9 Å². The topological polar surface area (TPSA) is 60.5 Å². The first-order valence-electron chi connectivity index (χ1n) is 8.25. The Morgan fingerprint density at radius 1 is 1.19 bits per heavy atom. The van der Waals surface area contributed by atoms with E-state index in [1.807, 2.05) is 31.2 Å². The summed E-state index contributed by atoms with van der Waals surface area (Å²) in [6, 6.07) is 12.7. The molecule has 0 atom stereocenters. The minimum Gasteiger partial charge on any atom is -0.497 e. The molecule has 3 rings (SSSR count).